The highest BCUT2D eigenvalue weighted by atomic mass is 32.2. The number of carbonyl (C=O) groups excluding carboxylic acids is 1. The standard InChI is InChI=1S/C17H13NO4S2/c1-10-3-2-4-11(7-10)13-6-5-12(22-13)8-14-16(21)18(9-15(19)20)17(23)24-14/h2-8H,9H2,1H3,(H,19,20). The Bertz CT molecular complexity index is 869. The summed E-state index contributed by atoms with van der Waals surface area (Å²) in [4.78, 5) is 24.4. The Morgan fingerprint density at radius 1 is 1.38 bits per heavy atom. The minimum atomic E-state index is -1.10. The van der Waals surface area contributed by atoms with Crippen LogP contribution in [0.1, 0.15) is 11.3 Å². The number of aryl methyl sites for hydroxylation is 1. The topological polar surface area (TPSA) is 70.8 Å². The van der Waals surface area contributed by atoms with Gasteiger partial charge in [0.25, 0.3) is 5.91 Å². The first-order chi connectivity index (χ1) is 11.4. The minimum absolute atomic E-state index is 0.235. The molecule has 1 aromatic heterocycles. The number of furan rings is 1. The molecule has 0 spiro atoms. The second-order valence-electron chi connectivity index (χ2n) is 5.23. The maximum atomic E-state index is 12.2. The van der Waals surface area contributed by atoms with Crippen LogP contribution in [0.5, 0.6) is 0 Å². The van der Waals surface area contributed by atoms with Crippen molar-refractivity contribution in [3.8, 4) is 11.3 Å². The maximum Gasteiger partial charge on any atom is 0.323 e. The lowest BCUT2D eigenvalue weighted by Crippen LogP contribution is -2.33. The average molecular weight is 359 g/mol. The van der Waals surface area contributed by atoms with Gasteiger partial charge in [-0.15, -0.1) is 0 Å². The highest BCUT2D eigenvalue weighted by Crippen LogP contribution is 2.33. The van der Waals surface area contributed by atoms with Crippen LogP contribution in [0.2, 0.25) is 0 Å². The Hall–Kier alpha value is -2.38. The van der Waals surface area contributed by atoms with Crippen LogP contribution in [0.25, 0.3) is 17.4 Å². The summed E-state index contributed by atoms with van der Waals surface area (Å²) in [5.74, 6) is -0.304. The summed E-state index contributed by atoms with van der Waals surface area (Å²) < 4.78 is 6.00. The van der Waals surface area contributed by atoms with Crippen LogP contribution in [-0.2, 0) is 9.59 Å². The second-order valence-corrected chi connectivity index (χ2v) is 6.91. The third-order valence-electron chi connectivity index (χ3n) is 3.37. The fraction of sp³-hybridized carbons (Fsp3) is 0.118. The van der Waals surface area contributed by atoms with Crippen molar-refractivity contribution in [3.05, 3.63) is 52.6 Å². The number of hydrogen-bond donors (Lipinski definition) is 1. The Balaban J connectivity index is 1.84. The molecule has 0 bridgehead atoms. The van der Waals surface area contributed by atoms with E-state index in [4.69, 9.17) is 21.7 Å². The maximum absolute atomic E-state index is 12.2. The van der Waals surface area contributed by atoms with Crippen molar-refractivity contribution < 1.29 is 19.1 Å². The van der Waals surface area contributed by atoms with Crippen LogP contribution in [-0.4, -0.2) is 32.7 Å². The molecular formula is C17H13NO4S2. The Labute approximate surface area is 148 Å². The molecule has 1 amide bonds. The van der Waals surface area contributed by atoms with Crippen molar-refractivity contribution in [2.24, 2.45) is 0 Å². The Morgan fingerprint density at radius 2 is 2.17 bits per heavy atom. The first-order valence-electron chi connectivity index (χ1n) is 7.08. The number of nitrogens with zero attached hydrogens (tertiary/aromatic N) is 1. The molecule has 24 heavy (non-hydrogen) atoms. The minimum Gasteiger partial charge on any atom is -0.480 e. The van der Waals surface area contributed by atoms with Gasteiger partial charge in [0, 0.05) is 11.6 Å². The van der Waals surface area contributed by atoms with Gasteiger partial charge in [0.1, 0.15) is 22.4 Å². The summed E-state index contributed by atoms with van der Waals surface area (Å²) in [7, 11) is 0. The van der Waals surface area contributed by atoms with Gasteiger partial charge in [0.2, 0.25) is 0 Å². The molecule has 1 N–H and O–H groups in total. The lowest BCUT2D eigenvalue weighted by Gasteiger charge is -2.09. The summed E-state index contributed by atoms with van der Waals surface area (Å²) in [6, 6.07) is 11.5. The fourth-order valence-electron chi connectivity index (χ4n) is 2.28. The van der Waals surface area contributed by atoms with Gasteiger partial charge in [-0.2, -0.15) is 0 Å². The molecule has 0 atom stereocenters. The number of carboxylic acids is 1. The fourth-order valence-corrected chi connectivity index (χ4v) is 3.52. The monoisotopic (exact) mass is 359 g/mol. The van der Waals surface area contributed by atoms with Crippen molar-refractivity contribution in [2.45, 2.75) is 6.92 Å². The quantitative estimate of drug-likeness (QED) is 0.665. The third-order valence-corrected chi connectivity index (χ3v) is 4.75. The van der Waals surface area contributed by atoms with E-state index in [9.17, 15) is 9.59 Å². The summed E-state index contributed by atoms with van der Waals surface area (Å²) >= 11 is 6.13. The molecule has 0 saturated carbocycles. The van der Waals surface area contributed by atoms with Crippen LogP contribution < -0.4 is 0 Å². The molecule has 1 fully saturated rings. The van der Waals surface area contributed by atoms with Crippen LogP contribution in [0.15, 0.2) is 45.7 Å². The van der Waals surface area contributed by atoms with Gasteiger partial charge < -0.3 is 9.52 Å². The summed E-state index contributed by atoms with van der Waals surface area (Å²) in [5.41, 5.74) is 2.08. The lowest BCUT2D eigenvalue weighted by atomic mass is 10.1. The van der Waals surface area contributed by atoms with Crippen LogP contribution >= 0.6 is 24.0 Å². The van der Waals surface area contributed by atoms with Crippen molar-refractivity contribution in [1.29, 1.82) is 0 Å². The molecule has 1 aromatic carbocycles. The zero-order valence-corrected chi connectivity index (χ0v) is 14.3. The lowest BCUT2D eigenvalue weighted by molar-refractivity contribution is -0.140. The Kier molecular flexibility index (Phi) is 4.55. The van der Waals surface area contributed by atoms with Crippen molar-refractivity contribution in [2.75, 3.05) is 6.54 Å². The number of aliphatic carboxylic acids is 1. The van der Waals surface area contributed by atoms with Crippen LogP contribution in [0.4, 0.5) is 0 Å². The van der Waals surface area contributed by atoms with Gasteiger partial charge in [-0.1, -0.05) is 47.7 Å². The summed E-state index contributed by atoms with van der Waals surface area (Å²) in [6.07, 6.45) is 1.58. The van der Waals surface area contributed by atoms with Crippen LogP contribution in [0, 0.1) is 6.92 Å². The molecular weight excluding hydrogens is 346 g/mol. The van der Waals surface area contributed by atoms with Gasteiger partial charge in [0.15, 0.2) is 0 Å². The predicted molar refractivity (Wildman–Crippen MR) is 96.4 cm³/mol. The molecule has 1 aliphatic rings. The number of amides is 1. The SMILES string of the molecule is Cc1cccc(-c2ccc(C=C3SC(=S)N(CC(=O)O)C3=O)o2)c1. The van der Waals surface area contributed by atoms with E-state index in [1.54, 1.807) is 12.1 Å². The van der Waals surface area contributed by atoms with Gasteiger partial charge in [-0.3, -0.25) is 14.5 Å². The number of benzene rings is 1. The van der Waals surface area contributed by atoms with E-state index in [1.165, 1.54) is 0 Å². The molecule has 2 heterocycles. The molecule has 3 rings (SSSR count). The van der Waals surface area contributed by atoms with Crippen molar-refractivity contribution >= 4 is 46.3 Å². The van der Waals surface area contributed by atoms with E-state index in [0.29, 0.717) is 16.4 Å². The molecule has 122 valence electrons. The third kappa shape index (κ3) is 3.42. The van der Waals surface area contributed by atoms with Crippen molar-refractivity contribution in [1.82, 2.24) is 4.90 Å². The molecule has 0 unspecified atom stereocenters. The van der Waals surface area contributed by atoms with E-state index in [0.717, 1.165) is 27.8 Å². The molecule has 1 saturated heterocycles. The summed E-state index contributed by atoms with van der Waals surface area (Å²) in [6.45, 7) is 1.57. The number of thiocarbonyl (C=S) groups is 1. The largest absolute Gasteiger partial charge is 0.480 e. The van der Waals surface area contributed by atoms with Gasteiger partial charge in [0.05, 0.1) is 4.91 Å². The molecule has 1 aliphatic heterocycles. The highest BCUT2D eigenvalue weighted by Gasteiger charge is 2.33. The number of thioether (sulfide) groups is 1. The van der Waals surface area contributed by atoms with Crippen molar-refractivity contribution in [3.63, 3.8) is 0 Å². The van der Waals surface area contributed by atoms with E-state index in [-0.39, 0.29) is 4.32 Å². The van der Waals surface area contributed by atoms with E-state index in [1.807, 2.05) is 37.3 Å². The number of hydrogen-bond acceptors (Lipinski definition) is 5. The average Bonchev–Trinajstić information content (AvgIpc) is 3.08. The summed E-state index contributed by atoms with van der Waals surface area (Å²) in [5, 5.41) is 8.84. The molecule has 2 aromatic rings. The Morgan fingerprint density at radius 3 is 2.88 bits per heavy atom. The number of carboxylic acid groups (broad SMARTS) is 1. The highest BCUT2D eigenvalue weighted by molar-refractivity contribution is 8.26. The molecule has 5 nitrogen and oxygen atoms in total. The first kappa shape index (κ1) is 16.5. The molecule has 0 aliphatic carbocycles. The van der Waals surface area contributed by atoms with Crippen LogP contribution in [0.3, 0.4) is 0 Å². The van der Waals surface area contributed by atoms with Gasteiger partial charge >= 0.3 is 5.97 Å². The second kappa shape index (κ2) is 6.62. The van der Waals surface area contributed by atoms with E-state index >= 15 is 0 Å². The van der Waals surface area contributed by atoms with Gasteiger partial charge in [-0.05, 0) is 25.1 Å². The van der Waals surface area contributed by atoms with Gasteiger partial charge in [-0.25, -0.2) is 0 Å². The van der Waals surface area contributed by atoms with E-state index in [2.05, 4.69) is 0 Å². The van der Waals surface area contributed by atoms with E-state index < -0.39 is 18.4 Å². The number of carbonyl (C=O) groups is 2. The normalized spacial score (nSPS) is 16.2. The first-order valence-corrected chi connectivity index (χ1v) is 8.30. The zero-order valence-electron chi connectivity index (χ0n) is 12.7. The number of rotatable bonds is 4. The predicted octanol–water partition coefficient (Wildman–Crippen LogP) is 3.54. The zero-order chi connectivity index (χ0) is 17.3. The molecule has 7 heteroatoms. The molecule has 0 radical (unpaired) electrons. The smallest absolute Gasteiger partial charge is 0.323 e.